The third-order valence-corrected chi connectivity index (χ3v) is 4.22. The molecule has 2 fully saturated rings. The van der Waals surface area contributed by atoms with Crippen molar-refractivity contribution in [1.29, 1.82) is 0 Å². The molecule has 0 bridgehead atoms. The second-order valence-corrected chi connectivity index (χ2v) is 6.51. The lowest BCUT2D eigenvalue weighted by Gasteiger charge is -2.31. The summed E-state index contributed by atoms with van der Waals surface area (Å²) in [5.41, 5.74) is 0.565. The Hall–Kier alpha value is -0.0400. The molecule has 2 rings (SSSR count). The summed E-state index contributed by atoms with van der Waals surface area (Å²) in [5, 5.41) is 0. The summed E-state index contributed by atoms with van der Waals surface area (Å²) < 4.78 is 0. The van der Waals surface area contributed by atoms with Gasteiger partial charge in [0.25, 0.3) is 0 Å². The summed E-state index contributed by atoms with van der Waals surface area (Å²) >= 11 is 0. The van der Waals surface area contributed by atoms with Crippen LogP contribution < -0.4 is 0 Å². The van der Waals surface area contributed by atoms with Crippen LogP contribution in [-0.2, 0) is 0 Å². The van der Waals surface area contributed by atoms with Crippen LogP contribution in [0.15, 0.2) is 0 Å². The van der Waals surface area contributed by atoms with Crippen molar-refractivity contribution >= 4 is 0 Å². The normalized spacial score (nSPS) is 29.2. The zero-order chi connectivity index (χ0) is 10.7. The Morgan fingerprint density at radius 2 is 1.80 bits per heavy atom. The van der Waals surface area contributed by atoms with Crippen LogP contribution in [0.4, 0.5) is 0 Å². The van der Waals surface area contributed by atoms with Crippen LogP contribution in [0, 0.1) is 11.3 Å². The highest BCUT2D eigenvalue weighted by Crippen LogP contribution is 2.31. The van der Waals surface area contributed by atoms with E-state index in [-0.39, 0.29) is 0 Å². The maximum Gasteiger partial charge on any atom is 0.00328 e. The van der Waals surface area contributed by atoms with Crippen molar-refractivity contribution in [3.05, 3.63) is 0 Å². The van der Waals surface area contributed by atoms with E-state index >= 15 is 0 Å². The maximum absolute atomic E-state index is 2.75. The molecule has 0 radical (unpaired) electrons. The van der Waals surface area contributed by atoms with Gasteiger partial charge in [0.05, 0.1) is 0 Å². The molecular weight excluding hydrogens is 182 g/mol. The summed E-state index contributed by atoms with van der Waals surface area (Å²) in [7, 11) is 0. The molecule has 15 heavy (non-hydrogen) atoms. The first-order chi connectivity index (χ1) is 7.16. The predicted molar refractivity (Wildman–Crippen MR) is 66.0 cm³/mol. The van der Waals surface area contributed by atoms with Crippen LogP contribution in [0.5, 0.6) is 0 Å². The van der Waals surface area contributed by atoms with Crippen LogP contribution in [0.2, 0.25) is 0 Å². The summed E-state index contributed by atoms with van der Waals surface area (Å²) in [6.07, 6.45) is 10.3. The Balaban J connectivity index is 1.84. The molecule has 1 saturated heterocycles. The van der Waals surface area contributed by atoms with Crippen LogP contribution in [0.25, 0.3) is 0 Å². The number of hydrogen-bond donors (Lipinski definition) is 0. The largest absolute Gasteiger partial charge is 0.303 e. The Morgan fingerprint density at radius 1 is 1.07 bits per heavy atom. The van der Waals surface area contributed by atoms with E-state index in [2.05, 4.69) is 18.7 Å². The van der Waals surface area contributed by atoms with Crippen LogP contribution in [-0.4, -0.2) is 24.5 Å². The molecule has 88 valence electrons. The van der Waals surface area contributed by atoms with Gasteiger partial charge in [-0.05, 0) is 43.6 Å². The van der Waals surface area contributed by atoms with Gasteiger partial charge in [-0.25, -0.2) is 0 Å². The smallest absolute Gasteiger partial charge is 0.00328 e. The quantitative estimate of drug-likeness (QED) is 0.670. The highest BCUT2D eigenvalue weighted by atomic mass is 15.1. The molecule has 1 heteroatoms. The number of likely N-dealkylation sites (tertiary alicyclic amines) is 1. The van der Waals surface area contributed by atoms with Crippen LogP contribution in [0.3, 0.4) is 0 Å². The first-order valence-corrected chi connectivity index (χ1v) is 6.88. The van der Waals surface area contributed by atoms with E-state index in [9.17, 15) is 0 Å². The third kappa shape index (κ3) is 3.48. The molecule has 0 aromatic carbocycles. The molecule has 1 heterocycles. The molecule has 1 nitrogen and oxygen atoms in total. The minimum Gasteiger partial charge on any atom is -0.303 e. The summed E-state index contributed by atoms with van der Waals surface area (Å²) in [6, 6.07) is 0. The molecule has 0 aromatic rings. The van der Waals surface area contributed by atoms with Gasteiger partial charge in [0.1, 0.15) is 0 Å². The van der Waals surface area contributed by atoms with E-state index in [1.165, 1.54) is 64.6 Å². The second kappa shape index (κ2) is 4.86. The van der Waals surface area contributed by atoms with Gasteiger partial charge < -0.3 is 4.90 Å². The lowest BCUT2D eigenvalue weighted by Crippen LogP contribution is -2.35. The Morgan fingerprint density at radius 3 is 2.53 bits per heavy atom. The standard InChI is InChI=1S/C14H27N/c1-14(2)9-5-6-10-15(12-14)11-13-7-3-4-8-13/h13H,3-12H2,1-2H3. The average Bonchev–Trinajstić information content (AvgIpc) is 2.58. The average molecular weight is 209 g/mol. The van der Waals surface area contributed by atoms with Gasteiger partial charge in [-0.3, -0.25) is 0 Å². The van der Waals surface area contributed by atoms with Crippen molar-refractivity contribution in [2.24, 2.45) is 11.3 Å². The molecule has 0 aromatic heterocycles. The fraction of sp³-hybridized carbons (Fsp3) is 1.00. The molecule has 0 N–H and O–H groups in total. The van der Waals surface area contributed by atoms with Gasteiger partial charge in [0, 0.05) is 13.1 Å². The van der Waals surface area contributed by atoms with E-state index in [0.717, 1.165) is 5.92 Å². The molecular formula is C14H27N. The zero-order valence-corrected chi connectivity index (χ0v) is 10.6. The topological polar surface area (TPSA) is 3.24 Å². The number of nitrogens with zero attached hydrogens (tertiary/aromatic N) is 1. The van der Waals surface area contributed by atoms with Gasteiger partial charge in [0.2, 0.25) is 0 Å². The minimum atomic E-state index is 0.565. The van der Waals surface area contributed by atoms with Crippen molar-refractivity contribution < 1.29 is 0 Å². The van der Waals surface area contributed by atoms with Crippen molar-refractivity contribution in [2.45, 2.75) is 58.8 Å². The van der Waals surface area contributed by atoms with Gasteiger partial charge >= 0.3 is 0 Å². The molecule has 0 amide bonds. The first kappa shape index (κ1) is 11.4. The van der Waals surface area contributed by atoms with Gasteiger partial charge in [-0.1, -0.05) is 33.1 Å². The lowest BCUT2D eigenvalue weighted by molar-refractivity contribution is 0.172. The SMILES string of the molecule is CC1(C)CCCCN(CC2CCCC2)C1. The lowest BCUT2D eigenvalue weighted by atomic mass is 9.88. The molecule has 1 aliphatic carbocycles. The Kier molecular flexibility index (Phi) is 3.71. The number of hydrogen-bond acceptors (Lipinski definition) is 1. The fourth-order valence-corrected chi connectivity index (χ4v) is 3.42. The Labute approximate surface area is 95.2 Å². The van der Waals surface area contributed by atoms with E-state index in [1.807, 2.05) is 0 Å². The minimum absolute atomic E-state index is 0.565. The number of rotatable bonds is 2. The molecule has 0 unspecified atom stereocenters. The van der Waals surface area contributed by atoms with E-state index in [1.54, 1.807) is 0 Å². The zero-order valence-electron chi connectivity index (χ0n) is 10.6. The van der Waals surface area contributed by atoms with E-state index < -0.39 is 0 Å². The highest BCUT2D eigenvalue weighted by Gasteiger charge is 2.26. The highest BCUT2D eigenvalue weighted by molar-refractivity contribution is 4.80. The molecule has 0 atom stereocenters. The Bertz CT molecular complexity index is 192. The van der Waals surface area contributed by atoms with E-state index in [0.29, 0.717) is 5.41 Å². The van der Waals surface area contributed by atoms with Gasteiger partial charge in [0.15, 0.2) is 0 Å². The molecule has 0 spiro atoms. The van der Waals surface area contributed by atoms with E-state index in [4.69, 9.17) is 0 Å². The third-order valence-electron chi connectivity index (χ3n) is 4.22. The second-order valence-electron chi connectivity index (χ2n) is 6.51. The van der Waals surface area contributed by atoms with Crippen molar-refractivity contribution in [3.8, 4) is 0 Å². The fourth-order valence-electron chi connectivity index (χ4n) is 3.42. The van der Waals surface area contributed by atoms with Gasteiger partial charge in [-0.15, -0.1) is 0 Å². The summed E-state index contributed by atoms with van der Waals surface area (Å²) in [4.78, 5) is 2.75. The molecule has 1 aliphatic heterocycles. The first-order valence-electron chi connectivity index (χ1n) is 6.88. The predicted octanol–water partition coefficient (Wildman–Crippen LogP) is 3.69. The van der Waals surface area contributed by atoms with Crippen molar-refractivity contribution in [1.82, 2.24) is 4.90 Å². The monoisotopic (exact) mass is 209 g/mol. The maximum atomic E-state index is 2.75. The van der Waals surface area contributed by atoms with Crippen LogP contribution >= 0.6 is 0 Å². The summed E-state index contributed by atoms with van der Waals surface area (Å²) in [6.45, 7) is 8.98. The van der Waals surface area contributed by atoms with Crippen LogP contribution in [0.1, 0.15) is 58.8 Å². The van der Waals surface area contributed by atoms with Crippen molar-refractivity contribution in [3.63, 3.8) is 0 Å². The summed E-state index contributed by atoms with van der Waals surface area (Å²) in [5.74, 6) is 1.03. The van der Waals surface area contributed by atoms with Gasteiger partial charge in [-0.2, -0.15) is 0 Å². The molecule has 2 aliphatic rings. The molecule has 1 saturated carbocycles. The van der Waals surface area contributed by atoms with Crippen molar-refractivity contribution in [2.75, 3.05) is 19.6 Å².